The van der Waals surface area contributed by atoms with Gasteiger partial charge in [0.1, 0.15) is 18.1 Å². The van der Waals surface area contributed by atoms with Crippen LogP contribution in [-0.4, -0.2) is 26.2 Å². The maximum Gasteiger partial charge on any atom is 0.191 e. The van der Waals surface area contributed by atoms with Crippen molar-refractivity contribution in [2.45, 2.75) is 6.54 Å². The van der Waals surface area contributed by atoms with E-state index in [0.717, 1.165) is 16.9 Å². The summed E-state index contributed by atoms with van der Waals surface area (Å²) in [7, 11) is 1.74. The van der Waals surface area contributed by atoms with Gasteiger partial charge in [-0.3, -0.25) is 4.99 Å². The van der Waals surface area contributed by atoms with Crippen molar-refractivity contribution in [2.75, 3.05) is 20.2 Å². The van der Waals surface area contributed by atoms with Gasteiger partial charge < -0.3 is 19.8 Å². The third-order valence-corrected chi connectivity index (χ3v) is 3.64. The van der Waals surface area contributed by atoms with Crippen molar-refractivity contribution in [1.29, 1.82) is 0 Å². The average Bonchev–Trinajstić information content (AvgIpc) is 3.15. The Morgan fingerprint density at radius 1 is 1.04 bits per heavy atom. The van der Waals surface area contributed by atoms with Gasteiger partial charge in [-0.05, 0) is 23.6 Å². The van der Waals surface area contributed by atoms with Gasteiger partial charge in [0.15, 0.2) is 5.96 Å². The van der Waals surface area contributed by atoms with Gasteiger partial charge in [0.25, 0.3) is 0 Å². The van der Waals surface area contributed by atoms with Crippen LogP contribution in [-0.2, 0) is 6.54 Å². The summed E-state index contributed by atoms with van der Waals surface area (Å²) in [6, 6.07) is 18.1. The molecule has 0 fully saturated rings. The minimum atomic E-state index is 0. The predicted molar refractivity (Wildman–Crippen MR) is 112 cm³/mol. The van der Waals surface area contributed by atoms with Gasteiger partial charge in [0.05, 0.1) is 19.4 Å². The van der Waals surface area contributed by atoms with Gasteiger partial charge in [0.2, 0.25) is 0 Å². The van der Waals surface area contributed by atoms with E-state index < -0.39 is 0 Å². The van der Waals surface area contributed by atoms with E-state index in [1.807, 2.05) is 36.4 Å². The summed E-state index contributed by atoms with van der Waals surface area (Å²) in [6.07, 6.45) is 1.66. The van der Waals surface area contributed by atoms with E-state index >= 15 is 0 Å². The number of nitrogens with one attached hydrogen (secondary N) is 2. The maximum absolute atomic E-state index is 5.90. The van der Waals surface area contributed by atoms with Crippen LogP contribution in [0.15, 0.2) is 70.3 Å². The van der Waals surface area contributed by atoms with Crippen molar-refractivity contribution in [3.63, 3.8) is 0 Å². The monoisotopic (exact) mass is 451 g/mol. The number of aliphatic imine (C=N–C) groups is 1. The fourth-order valence-corrected chi connectivity index (χ4v) is 2.46. The van der Waals surface area contributed by atoms with Gasteiger partial charge in [-0.25, -0.2) is 0 Å². The molecule has 5 nitrogen and oxygen atoms in total. The first-order valence-corrected chi connectivity index (χ1v) is 7.94. The lowest BCUT2D eigenvalue weighted by Crippen LogP contribution is -2.38. The van der Waals surface area contributed by atoms with Crippen molar-refractivity contribution < 1.29 is 9.15 Å². The zero-order chi connectivity index (χ0) is 16.6. The molecule has 6 heteroatoms. The second kappa shape index (κ2) is 9.93. The lowest BCUT2D eigenvalue weighted by atomic mass is 10.1. The Labute approximate surface area is 164 Å². The molecule has 0 saturated heterocycles. The largest absolute Gasteiger partial charge is 0.491 e. The van der Waals surface area contributed by atoms with Crippen molar-refractivity contribution in [1.82, 2.24) is 10.6 Å². The molecule has 0 radical (unpaired) electrons. The van der Waals surface area contributed by atoms with Crippen LogP contribution in [0.3, 0.4) is 0 Å². The highest BCUT2D eigenvalue weighted by molar-refractivity contribution is 14.0. The summed E-state index contributed by atoms with van der Waals surface area (Å²) in [5.74, 6) is 2.48. The number of fused-ring (bicyclic) bond motifs is 1. The van der Waals surface area contributed by atoms with Crippen LogP contribution in [0.2, 0.25) is 0 Å². The molecular weight excluding hydrogens is 429 g/mol. The van der Waals surface area contributed by atoms with E-state index in [4.69, 9.17) is 9.15 Å². The van der Waals surface area contributed by atoms with Crippen LogP contribution in [0, 0.1) is 0 Å². The first-order chi connectivity index (χ1) is 11.9. The van der Waals surface area contributed by atoms with Crippen LogP contribution in [0.4, 0.5) is 0 Å². The van der Waals surface area contributed by atoms with Crippen LogP contribution < -0.4 is 15.4 Å². The van der Waals surface area contributed by atoms with Gasteiger partial charge in [-0.15, -0.1) is 24.0 Å². The summed E-state index contributed by atoms with van der Waals surface area (Å²) < 4.78 is 11.2. The zero-order valence-electron chi connectivity index (χ0n) is 14.1. The van der Waals surface area contributed by atoms with E-state index in [9.17, 15) is 0 Å². The highest BCUT2D eigenvalue weighted by atomic mass is 127. The molecule has 0 aliphatic heterocycles. The van der Waals surface area contributed by atoms with E-state index in [0.29, 0.717) is 25.7 Å². The van der Waals surface area contributed by atoms with Crippen molar-refractivity contribution in [3.05, 3.63) is 66.6 Å². The summed E-state index contributed by atoms with van der Waals surface area (Å²) in [5, 5.41) is 8.72. The third-order valence-electron chi connectivity index (χ3n) is 3.64. The fourth-order valence-electron chi connectivity index (χ4n) is 2.46. The number of hydrogen-bond donors (Lipinski definition) is 2. The number of ether oxygens (including phenoxy) is 1. The molecule has 0 bridgehead atoms. The number of hydrogen-bond acceptors (Lipinski definition) is 3. The highest BCUT2D eigenvalue weighted by Gasteiger charge is 2.02. The minimum absolute atomic E-state index is 0. The molecule has 0 aliphatic carbocycles. The Morgan fingerprint density at radius 3 is 2.68 bits per heavy atom. The SMILES string of the molecule is CN=C(NCCOc1cccc2ccccc12)NCc1ccco1.I. The van der Waals surface area contributed by atoms with Crippen LogP contribution >= 0.6 is 24.0 Å². The van der Waals surface area contributed by atoms with Gasteiger partial charge in [-0.1, -0.05) is 36.4 Å². The standard InChI is InChI=1S/C19H21N3O2.HI/c1-20-19(22-14-16-8-5-12-23-16)21-11-13-24-18-10-4-7-15-6-2-3-9-17(15)18;/h2-10,12H,11,13-14H2,1H3,(H2,20,21,22);1H. The molecule has 132 valence electrons. The number of nitrogens with zero attached hydrogens (tertiary/aromatic N) is 1. The maximum atomic E-state index is 5.90. The molecule has 1 heterocycles. The predicted octanol–water partition coefficient (Wildman–Crippen LogP) is 3.79. The lowest BCUT2D eigenvalue weighted by molar-refractivity contribution is 0.325. The van der Waals surface area contributed by atoms with Gasteiger partial charge >= 0.3 is 0 Å². The first kappa shape index (κ1) is 19.1. The Morgan fingerprint density at radius 2 is 1.88 bits per heavy atom. The molecule has 0 spiro atoms. The van der Waals surface area contributed by atoms with Crippen molar-refractivity contribution in [2.24, 2.45) is 4.99 Å². The number of benzene rings is 2. The highest BCUT2D eigenvalue weighted by Crippen LogP contribution is 2.24. The Kier molecular flexibility index (Phi) is 7.59. The first-order valence-electron chi connectivity index (χ1n) is 7.94. The van der Waals surface area contributed by atoms with E-state index in [1.165, 1.54) is 5.39 Å². The molecule has 3 rings (SSSR count). The fraction of sp³-hybridized carbons (Fsp3) is 0.211. The average molecular weight is 451 g/mol. The molecule has 0 atom stereocenters. The number of rotatable bonds is 6. The van der Waals surface area contributed by atoms with E-state index in [2.05, 4.69) is 33.8 Å². The quantitative estimate of drug-likeness (QED) is 0.259. The summed E-state index contributed by atoms with van der Waals surface area (Å²) in [6.45, 7) is 1.80. The third kappa shape index (κ3) is 5.38. The zero-order valence-corrected chi connectivity index (χ0v) is 16.4. The molecule has 1 aromatic heterocycles. The molecule has 0 amide bonds. The second-order valence-corrected chi connectivity index (χ2v) is 5.26. The van der Waals surface area contributed by atoms with Crippen molar-refractivity contribution in [3.8, 4) is 5.75 Å². The van der Waals surface area contributed by atoms with Crippen molar-refractivity contribution >= 4 is 40.7 Å². The summed E-state index contributed by atoms with van der Waals surface area (Å²) >= 11 is 0. The molecule has 2 N–H and O–H groups in total. The Hall–Kier alpha value is -2.22. The summed E-state index contributed by atoms with van der Waals surface area (Å²) in [4.78, 5) is 4.18. The van der Waals surface area contributed by atoms with Crippen LogP contribution in [0.5, 0.6) is 5.75 Å². The van der Waals surface area contributed by atoms with E-state index in [1.54, 1.807) is 13.3 Å². The van der Waals surface area contributed by atoms with Crippen LogP contribution in [0.1, 0.15) is 5.76 Å². The lowest BCUT2D eigenvalue weighted by Gasteiger charge is -2.12. The number of halogens is 1. The molecule has 0 saturated carbocycles. The second-order valence-electron chi connectivity index (χ2n) is 5.26. The number of guanidine groups is 1. The summed E-state index contributed by atoms with van der Waals surface area (Å²) in [5.41, 5.74) is 0. The number of furan rings is 1. The van der Waals surface area contributed by atoms with Gasteiger partial charge in [0, 0.05) is 12.4 Å². The minimum Gasteiger partial charge on any atom is -0.491 e. The molecule has 0 aliphatic rings. The normalized spacial score (nSPS) is 11.0. The topological polar surface area (TPSA) is 58.8 Å². The molecular formula is C19H22IN3O2. The Balaban J connectivity index is 0.00000225. The molecule has 2 aromatic carbocycles. The van der Waals surface area contributed by atoms with E-state index in [-0.39, 0.29) is 24.0 Å². The molecule has 25 heavy (non-hydrogen) atoms. The Bertz CT molecular complexity index is 798. The van der Waals surface area contributed by atoms with Gasteiger partial charge in [-0.2, -0.15) is 0 Å². The smallest absolute Gasteiger partial charge is 0.191 e. The van der Waals surface area contributed by atoms with Crippen LogP contribution in [0.25, 0.3) is 10.8 Å². The molecule has 0 unspecified atom stereocenters. The molecule has 3 aromatic rings.